The number of hydrogen-bond acceptors (Lipinski definition) is 3. The van der Waals surface area contributed by atoms with Crippen molar-refractivity contribution < 1.29 is 4.79 Å². The van der Waals surface area contributed by atoms with E-state index >= 15 is 0 Å². The van der Waals surface area contributed by atoms with Crippen LogP contribution in [0.4, 0.5) is 10.5 Å². The topological polar surface area (TPSA) is 63.1 Å². The lowest BCUT2D eigenvalue weighted by molar-refractivity contribution is 0.220. The highest BCUT2D eigenvalue weighted by Crippen LogP contribution is 2.21. The maximum atomic E-state index is 12.1. The van der Waals surface area contributed by atoms with Gasteiger partial charge in [-0.2, -0.15) is 0 Å². The third-order valence-electron chi connectivity index (χ3n) is 3.29. The van der Waals surface area contributed by atoms with Crippen LogP contribution < -0.4 is 5.32 Å². The number of para-hydroxylation sites is 1. The van der Waals surface area contributed by atoms with E-state index in [4.69, 9.17) is 0 Å². The van der Waals surface area contributed by atoms with Gasteiger partial charge in [-0.25, -0.2) is 9.48 Å². The smallest absolute Gasteiger partial charge is 0.321 e. The van der Waals surface area contributed by atoms with E-state index in [1.54, 1.807) is 11.1 Å². The number of likely N-dealkylation sites (tertiary alicyclic amines) is 1. The Bertz CT molecular complexity index is 539. The lowest BCUT2D eigenvalue weighted by Crippen LogP contribution is -2.33. The van der Waals surface area contributed by atoms with Crippen LogP contribution in [0.25, 0.3) is 0 Å². The van der Waals surface area contributed by atoms with Gasteiger partial charge in [-0.3, -0.25) is 0 Å². The Morgan fingerprint density at radius 1 is 1.32 bits per heavy atom. The predicted octanol–water partition coefficient (Wildman–Crippen LogP) is 1.76. The van der Waals surface area contributed by atoms with Crippen molar-refractivity contribution in [2.45, 2.75) is 12.5 Å². The van der Waals surface area contributed by atoms with Crippen LogP contribution in [0.3, 0.4) is 0 Å². The first-order chi connectivity index (χ1) is 9.33. The monoisotopic (exact) mass is 257 g/mol. The van der Waals surface area contributed by atoms with Gasteiger partial charge >= 0.3 is 6.03 Å². The Hall–Kier alpha value is -2.37. The third kappa shape index (κ3) is 2.57. The number of benzene rings is 1. The number of carbonyl (C=O) groups is 1. The van der Waals surface area contributed by atoms with Crippen molar-refractivity contribution in [1.82, 2.24) is 19.9 Å². The number of urea groups is 1. The molecular weight excluding hydrogens is 242 g/mol. The molecule has 1 N–H and O–H groups in total. The number of carbonyl (C=O) groups excluding carboxylic acids is 1. The normalized spacial score (nSPS) is 18.5. The minimum Gasteiger partial charge on any atom is -0.322 e. The third-order valence-corrected chi connectivity index (χ3v) is 3.29. The molecule has 1 unspecified atom stereocenters. The lowest BCUT2D eigenvalue weighted by atomic mass is 10.3. The highest BCUT2D eigenvalue weighted by Gasteiger charge is 2.27. The molecule has 1 atom stereocenters. The van der Waals surface area contributed by atoms with Crippen molar-refractivity contribution in [2.24, 2.45) is 0 Å². The Labute approximate surface area is 111 Å². The summed E-state index contributed by atoms with van der Waals surface area (Å²) in [6.07, 6.45) is 4.40. The van der Waals surface area contributed by atoms with Gasteiger partial charge in [0.25, 0.3) is 0 Å². The Kier molecular flexibility index (Phi) is 3.14. The summed E-state index contributed by atoms with van der Waals surface area (Å²) >= 11 is 0. The summed E-state index contributed by atoms with van der Waals surface area (Å²) in [6.45, 7) is 1.41. The molecule has 2 aromatic rings. The molecule has 6 heteroatoms. The molecule has 0 radical (unpaired) electrons. The van der Waals surface area contributed by atoms with Crippen molar-refractivity contribution >= 4 is 11.7 Å². The average molecular weight is 257 g/mol. The molecule has 0 spiro atoms. The van der Waals surface area contributed by atoms with Crippen LogP contribution in [-0.2, 0) is 0 Å². The van der Waals surface area contributed by atoms with Crippen LogP contribution in [-0.4, -0.2) is 39.0 Å². The fourth-order valence-electron chi connectivity index (χ4n) is 2.28. The van der Waals surface area contributed by atoms with E-state index in [1.807, 2.05) is 41.2 Å². The number of anilines is 1. The summed E-state index contributed by atoms with van der Waals surface area (Å²) in [4.78, 5) is 13.9. The van der Waals surface area contributed by atoms with Crippen LogP contribution in [0.5, 0.6) is 0 Å². The summed E-state index contributed by atoms with van der Waals surface area (Å²) in [5.41, 5.74) is 0.816. The van der Waals surface area contributed by atoms with Crippen molar-refractivity contribution in [3.05, 3.63) is 42.7 Å². The van der Waals surface area contributed by atoms with Gasteiger partial charge in [-0.15, -0.1) is 5.10 Å². The van der Waals surface area contributed by atoms with E-state index in [1.165, 1.54) is 0 Å². The van der Waals surface area contributed by atoms with Gasteiger partial charge in [0.05, 0.1) is 12.2 Å². The largest absolute Gasteiger partial charge is 0.322 e. The van der Waals surface area contributed by atoms with E-state index in [9.17, 15) is 4.79 Å². The molecule has 1 aliphatic rings. The molecule has 1 saturated heterocycles. The van der Waals surface area contributed by atoms with Crippen molar-refractivity contribution in [1.29, 1.82) is 0 Å². The van der Waals surface area contributed by atoms with Gasteiger partial charge in [-0.05, 0) is 18.6 Å². The van der Waals surface area contributed by atoms with Gasteiger partial charge in [0, 0.05) is 25.0 Å². The highest BCUT2D eigenvalue weighted by molar-refractivity contribution is 5.89. The van der Waals surface area contributed by atoms with Crippen LogP contribution in [0.2, 0.25) is 0 Å². The number of nitrogens with one attached hydrogen (secondary N) is 1. The molecule has 2 heterocycles. The van der Waals surface area contributed by atoms with Crippen LogP contribution in [0.15, 0.2) is 42.7 Å². The summed E-state index contributed by atoms with van der Waals surface area (Å²) in [5, 5.41) is 10.7. The van der Waals surface area contributed by atoms with E-state index in [-0.39, 0.29) is 12.1 Å². The molecular formula is C13H15N5O. The van der Waals surface area contributed by atoms with E-state index in [0.29, 0.717) is 6.54 Å². The van der Waals surface area contributed by atoms with Gasteiger partial charge in [0.2, 0.25) is 0 Å². The summed E-state index contributed by atoms with van der Waals surface area (Å²) < 4.78 is 1.82. The molecule has 6 nitrogen and oxygen atoms in total. The molecule has 0 saturated carbocycles. The maximum Gasteiger partial charge on any atom is 0.321 e. The second-order valence-electron chi connectivity index (χ2n) is 4.57. The van der Waals surface area contributed by atoms with Crippen molar-refractivity contribution in [2.75, 3.05) is 18.4 Å². The fraction of sp³-hybridized carbons (Fsp3) is 0.308. The summed E-state index contributed by atoms with van der Waals surface area (Å²) in [6, 6.07) is 9.64. The molecule has 0 aliphatic carbocycles. The van der Waals surface area contributed by atoms with Gasteiger partial charge in [-0.1, -0.05) is 23.4 Å². The van der Waals surface area contributed by atoms with Crippen LogP contribution >= 0.6 is 0 Å². The van der Waals surface area contributed by atoms with Crippen LogP contribution in [0.1, 0.15) is 12.5 Å². The highest BCUT2D eigenvalue weighted by atomic mass is 16.2. The molecule has 1 aromatic carbocycles. The van der Waals surface area contributed by atoms with Crippen LogP contribution in [0, 0.1) is 0 Å². The minimum absolute atomic E-state index is 0.0613. The van der Waals surface area contributed by atoms with Crippen molar-refractivity contribution in [3.63, 3.8) is 0 Å². The predicted molar refractivity (Wildman–Crippen MR) is 70.7 cm³/mol. The number of aromatic nitrogens is 3. The SMILES string of the molecule is O=C(Nc1ccccc1)N1CCC(n2ccnn2)C1. The Morgan fingerprint density at radius 2 is 2.16 bits per heavy atom. The maximum absolute atomic E-state index is 12.1. The molecule has 98 valence electrons. The fourth-order valence-corrected chi connectivity index (χ4v) is 2.28. The standard InChI is InChI=1S/C13H15N5O/c19-13(15-11-4-2-1-3-5-11)17-8-6-12(10-17)18-9-7-14-16-18/h1-5,7,9,12H,6,8,10H2,(H,15,19). The summed E-state index contributed by atoms with van der Waals surface area (Å²) in [5.74, 6) is 0. The molecule has 3 rings (SSSR count). The second-order valence-corrected chi connectivity index (χ2v) is 4.57. The van der Waals surface area contributed by atoms with Gasteiger partial charge < -0.3 is 10.2 Å². The minimum atomic E-state index is -0.0613. The number of rotatable bonds is 2. The van der Waals surface area contributed by atoms with Gasteiger partial charge in [0.15, 0.2) is 0 Å². The quantitative estimate of drug-likeness (QED) is 0.891. The number of amides is 2. The number of nitrogens with zero attached hydrogens (tertiary/aromatic N) is 4. The lowest BCUT2D eigenvalue weighted by Gasteiger charge is -2.17. The molecule has 1 fully saturated rings. The molecule has 1 aliphatic heterocycles. The first-order valence-corrected chi connectivity index (χ1v) is 6.30. The molecule has 19 heavy (non-hydrogen) atoms. The first-order valence-electron chi connectivity index (χ1n) is 6.30. The van der Waals surface area contributed by atoms with E-state index in [0.717, 1.165) is 18.7 Å². The second kappa shape index (κ2) is 5.09. The summed E-state index contributed by atoms with van der Waals surface area (Å²) in [7, 11) is 0. The average Bonchev–Trinajstić information content (AvgIpc) is 3.11. The van der Waals surface area contributed by atoms with Crippen molar-refractivity contribution in [3.8, 4) is 0 Å². The first kappa shape index (κ1) is 11.7. The van der Waals surface area contributed by atoms with Gasteiger partial charge in [0.1, 0.15) is 0 Å². The zero-order valence-corrected chi connectivity index (χ0v) is 10.4. The van der Waals surface area contributed by atoms with E-state index in [2.05, 4.69) is 15.6 Å². The Morgan fingerprint density at radius 3 is 2.89 bits per heavy atom. The Balaban J connectivity index is 1.60. The molecule has 2 amide bonds. The number of hydrogen-bond donors (Lipinski definition) is 1. The molecule has 1 aromatic heterocycles. The zero-order chi connectivity index (χ0) is 13.1. The zero-order valence-electron chi connectivity index (χ0n) is 10.4. The molecule has 0 bridgehead atoms. The van der Waals surface area contributed by atoms with E-state index < -0.39 is 0 Å².